The second-order valence-corrected chi connectivity index (χ2v) is 11.4. The van der Waals surface area contributed by atoms with E-state index >= 15 is 0 Å². The Kier molecular flexibility index (Phi) is 13.9. The molecule has 3 aliphatic rings. The quantitative estimate of drug-likeness (QED) is 0.253. The van der Waals surface area contributed by atoms with Gasteiger partial charge in [0.05, 0.1) is 12.6 Å². The van der Waals surface area contributed by atoms with Crippen LogP contribution < -0.4 is 9.47 Å². The monoisotopic (exact) mass is 530 g/mol. The van der Waals surface area contributed by atoms with Gasteiger partial charge in [0.25, 0.3) is 0 Å². The molecule has 2 saturated heterocycles. The summed E-state index contributed by atoms with van der Waals surface area (Å²) < 4.78 is 17.4. The molecule has 1 aromatic rings. The maximum Gasteiger partial charge on any atom is 0.231 e. The van der Waals surface area contributed by atoms with Crippen molar-refractivity contribution < 1.29 is 19.0 Å². The van der Waals surface area contributed by atoms with Crippen LogP contribution in [0.5, 0.6) is 11.5 Å². The highest BCUT2D eigenvalue weighted by Gasteiger charge is 2.34. The van der Waals surface area contributed by atoms with Crippen molar-refractivity contribution in [1.29, 1.82) is 0 Å². The highest BCUT2D eigenvalue weighted by Crippen LogP contribution is 2.42. The first kappa shape index (κ1) is 30.9. The molecular formula is C32H54N2O4. The number of carbonyl (C=O) groups excluding carboxylic acids is 1. The topological polar surface area (TPSA) is 51.2 Å². The lowest BCUT2D eigenvalue weighted by molar-refractivity contribution is -0.109. The molecule has 3 aliphatic heterocycles. The average molecular weight is 531 g/mol. The number of carbonyl (C=O) groups is 1. The number of rotatable bonds is 14. The standard InChI is InChI=1S/C24H35NO4.C8H19N/c1-2-3-6-18-13-19(15-23-24(18)29-17-28-23)20-14-21(25(16-20)10-11-26)8-9-22-7-4-5-12-27-22;1-4-6-8-9(3)7-5-2/h11,13,15,20-22H,2-10,12,14,16-17H2,1H3;4-8H2,1-3H3. The molecule has 4 rings (SSSR count). The molecule has 2 fully saturated rings. The Balaban J connectivity index is 0.000000383. The number of likely N-dealkylation sites (tertiary alicyclic amines) is 1. The molecular weight excluding hydrogens is 476 g/mol. The smallest absolute Gasteiger partial charge is 0.231 e. The van der Waals surface area contributed by atoms with Gasteiger partial charge in [-0.3, -0.25) is 4.90 Å². The van der Waals surface area contributed by atoms with Crippen LogP contribution in [-0.2, 0) is 16.0 Å². The number of nitrogens with zero attached hydrogens (tertiary/aromatic N) is 2. The van der Waals surface area contributed by atoms with Crippen molar-refractivity contribution in [3.8, 4) is 11.5 Å². The number of unbranched alkanes of at least 4 members (excludes halogenated alkanes) is 2. The van der Waals surface area contributed by atoms with Crippen LogP contribution >= 0.6 is 0 Å². The van der Waals surface area contributed by atoms with Gasteiger partial charge in [0.15, 0.2) is 11.5 Å². The molecule has 3 unspecified atom stereocenters. The van der Waals surface area contributed by atoms with Gasteiger partial charge in [0.1, 0.15) is 6.29 Å². The van der Waals surface area contributed by atoms with Gasteiger partial charge in [-0.1, -0.05) is 39.7 Å². The van der Waals surface area contributed by atoms with Gasteiger partial charge in [0.2, 0.25) is 6.79 Å². The zero-order valence-electron chi connectivity index (χ0n) is 24.7. The maximum absolute atomic E-state index is 11.3. The fraction of sp³-hybridized carbons (Fsp3) is 0.781. The number of benzene rings is 1. The highest BCUT2D eigenvalue weighted by molar-refractivity contribution is 5.53. The highest BCUT2D eigenvalue weighted by atomic mass is 16.7. The van der Waals surface area contributed by atoms with E-state index in [1.54, 1.807) is 0 Å². The normalized spacial score (nSPS) is 22.9. The lowest BCUT2D eigenvalue weighted by Crippen LogP contribution is -2.32. The number of ether oxygens (including phenoxy) is 3. The third-order valence-corrected chi connectivity index (χ3v) is 8.27. The summed E-state index contributed by atoms with van der Waals surface area (Å²) in [5.41, 5.74) is 2.62. The van der Waals surface area contributed by atoms with E-state index in [0.717, 1.165) is 63.0 Å². The predicted octanol–water partition coefficient (Wildman–Crippen LogP) is 6.59. The molecule has 0 amide bonds. The van der Waals surface area contributed by atoms with E-state index in [0.29, 0.717) is 31.4 Å². The van der Waals surface area contributed by atoms with Crippen LogP contribution in [0, 0.1) is 0 Å². The van der Waals surface area contributed by atoms with E-state index in [1.807, 2.05) is 0 Å². The Labute approximate surface area is 232 Å². The Hall–Kier alpha value is -1.63. The molecule has 0 radical (unpaired) electrons. The van der Waals surface area contributed by atoms with Crippen molar-refractivity contribution in [3.05, 3.63) is 23.3 Å². The van der Waals surface area contributed by atoms with Crippen LogP contribution in [0.4, 0.5) is 0 Å². The van der Waals surface area contributed by atoms with E-state index < -0.39 is 0 Å². The summed E-state index contributed by atoms with van der Waals surface area (Å²) in [6.45, 7) is 11.9. The van der Waals surface area contributed by atoms with Crippen LogP contribution in [0.15, 0.2) is 12.1 Å². The maximum atomic E-state index is 11.3. The molecule has 0 N–H and O–H groups in total. The molecule has 6 heteroatoms. The lowest BCUT2D eigenvalue weighted by atomic mass is 9.91. The number of aldehydes is 1. The Bertz CT molecular complexity index is 811. The summed E-state index contributed by atoms with van der Waals surface area (Å²) in [6.07, 6.45) is 15.8. The zero-order valence-corrected chi connectivity index (χ0v) is 24.7. The minimum atomic E-state index is 0.323. The third kappa shape index (κ3) is 9.53. The molecule has 1 aromatic carbocycles. The van der Waals surface area contributed by atoms with Crippen LogP contribution in [0.2, 0.25) is 0 Å². The first-order valence-electron chi connectivity index (χ1n) is 15.5. The SMILES string of the molecule is CCCCN(C)CCC.CCCCc1cc(C2CC(CCC3CCCCO3)N(CC=O)C2)cc2c1OCO2. The number of aryl methyl sites for hydroxylation is 1. The van der Waals surface area contributed by atoms with Crippen molar-refractivity contribution in [1.82, 2.24) is 9.80 Å². The van der Waals surface area contributed by atoms with Gasteiger partial charge in [-0.25, -0.2) is 0 Å². The van der Waals surface area contributed by atoms with E-state index in [4.69, 9.17) is 14.2 Å². The summed E-state index contributed by atoms with van der Waals surface area (Å²) in [4.78, 5) is 16.0. The summed E-state index contributed by atoms with van der Waals surface area (Å²) in [5.74, 6) is 2.28. The van der Waals surface area contributed by atoms with Crippen LogP contribution in [-0.4, -0.2) is 74.9 Å². The summed E-state index contributed by atoms with van der Waals surface area (Å²) in [5, 5.41) is 0. The molecule has 216 valence electrons. The lowest BCUT2D eigenvalue weighted by Gasteiger charge is -2.26. The molecule has 0 bridgehead atoms. The van der Waals surface area contributed by atoms with Gasteiger partial charge < -0.3 is 23.9 Å². The Morgan fingerprint density at radius 2 is 1.87 bits per heavy atom. The van der Waals surface area contributed by atoms with Crippen molar-refractivity contribution >= 4 is 6.29 Å². The number of hydrogen-bond donors (Lipinski definition) is 0. The van der Waals surface area contributed by atoms with Gasteiger partial charge in [0, 0.05) is 19.2 Å². The molecule has 6 nitrogen and oxygen atoms in total. The molecule has 3 atom stereocenters. The second-order valence-electron chi connectivity index (χ2n) is 11.4. The molecule has 0 aromatic heterocycles. The van der Waals surface area contributed by atoms with Crippen LogP contribution in [0.3, 0.4) is 0 Å². The Morgan fingerprint density at radius 3 is 2.58 bits per heavy atom. The molecule has 0 saturated carbocycles. The minimum absolute atomic E-state index is 0.323. The third-order valence-electron chi connectivity index (χ3n) is 8.27. The van der Waals surface area contributed by atoms with Crippen molar-refractivity contribution in [2.24, 2.45) is 0 Å². The van der Waals surface area contributed by atoms with Crippen LogP contribution in [0.25, 0.3) is 0 Å². The van der Waals surface area contributed by atoms with E-state index in [1.165, 1.54) is 69.2 Å². The summed E-state index contributed by atoms with van der Waals surface area (Å²) in [6, 6.07) is 4.97. The van der Waals surface area contributed by atoms with Crippen molar-refractivity contribution in [3.63, 3.8) is 0 Å². The minimum Gasteiger partial charge on any atom is -0.454 e. The largest absolute Gasteiger partial charge is 0.454 e. The van der Waals surface area contributed by atoms with Gasteiger partial charge >= 0.3 is 0 Å². The van der Waals surface area contributed by atoms with E-state index in [9.17, 15) is 4.79 Å². The zero-order chi connectivity index (χ0) is 27.2. The first-order chi connectivity index (χ1) is 18.6. The van der Waals surface area contributed by atoms with Crippen molar-refractivity contribution in [2.75, 3.05) is 46.6 Å². The molecule has 3 heterocycles. The van der Waals surface area contributed by atoms with Gasteiger partial charge in [-0.2, -0.15) is 0 Å². The fourth-order valence-corrected chi connectivity index (χ4v) is 6.08. The Morgan fingerprint density at radius 1 is 1.03 bits per heavy atom. The second kappa shape index (κ2) is 17.1. The number of hydrogen-bond acceptors (Lipinski definition) is 6. The summed E-state index contributed by atoms with van der Waals surface area (Å²) in [7, 11) is 2.19. The molecule has 0 aliphatic carbocycles. The van der Waals surface area contributed by atoms with E-state index in [2.05, 4.69) is 49.8 Å². The summed E-state index contributed by atoms with van der Waals surface area (Å²) >= 11 is 0. The first-order valence-corrected chi connectivity index (χ1v) is 15.5. The molecule has 38 heavy (non-hydrogen) atoms. The van der Waals surface area contributed by atoms with Gasteiger partial charge in [-0.15, -0.1) is 0 Å². The molecule has 0 spiro atoms. The average Bonchev–Trinajstić information content (AvgIpc) is 3.58. The number of fused-ring (bicyclic) bond motifs is 1. The van der Waals surface area contributed by atoms with E-state index in [-0.39, 0.29) is 0 Å². The van der Waals surface area contributed by atoms with Crippen LogP contribution in [0.1, 0.15) is 108 Å². The van der Waals surface area contributed by atoms with Gasteiger partial charge in [-0.05, 0) is 107 Å². The predicted molar refractivity (Wildman–Crippen MR) is 155 cm³/mol. The van der Waals surface area contributed by atoms with Crippen molar-refractivity contribution in [2.45, 2.75) is 116 Å². The fourth-order valence-electron chi connectivity index (χ4n) is 6.08.